The summed E-state index contributed by atoms with van der Waals surface area (Å²) in [5.74, 6) is -1.67. The van der Waals surface area contributed by atoms with Crippen molar-refractivity contribution < 1.29 is 22.7 Å². The second kappa shape index (κ2) is 11.9. The molecule has 4 heterocycles. The Morgan fingerprint density at radius 1 is 1.11 bits per heavy atom. The lowest BCUT2D eigenvalue weighted by Gasteiger charge is -2.40. The third kappa shape index (κ3) is 5.70. The van der Waals surface area contributed by atoms with Crippen molar-refractivity contribution in [2.75, 3.05) is 44.7 Å². The highest BCUT2D eigenvalue weighted by molar-refractivity contribution is 6.36. The smallest absolute Gasteiger partial charge is 0.450 e. The Bertz CT molecular complexity index is 1860. The molecule has 2 aliphatic heterocycles. The Kier molecular flexibility index (Phi) is 8.16. The molecular formula is C31H31ClF3N7O3. The van der Waals surface area contributed by atoms with Crippen molar-refractivity contribution in [3.05, 3.63) is 70.3 Å². The largest absolute Gasteiger partial charge is 0.462 e. The molecule has 236 valence electrons. The number of amides is 1. The average molecular weight is 642 g/mol. The van der Waals surface area contributed by atoms with E-state index in [1.54, 1.807) is 40.1 Å². The van der Waals surface area contributed by atoms with Gasteiger partial charge in [0.05, 0.1) is 10.7 Å². The number of nitrogens with zero attached hydrogens (tertiary/aromatic N) is 7. The molecule has 2 fully saturated rings. The summed E-state index contributed by atoms with van der Waals surface area (Å²) in [6, 6.07) is 9.13. The highest BCUT2D eigenvalue weighted by Crippen LogP contribution is 2.36. The highest BCUT2D eigenvalue weighted by atomic mass is 35.5. The van der Waals surface area contributed by atoms with Crippen molar-refractivity contribution in [1.82, 2.24) is 29.3 Å². The Morgan fingerprint density at radius 3 is 2.53 bits per heavy atom. The predicted molar refractivity (Wildman–Crippen MR) is 165 cm³/mol. The van der Waals surface area contributed by atoms with Crippen molar-refractivity contribution >= 4 is 45.1 Å². The van der Waals surface area contributed by atoms with E-state index < -0.39 is 17.6 Å². The van der Waals surface area contributed by atoms with Crippen LogP contribution in [0, 0.1) is 0 Å². The van der Waals surface area contributed by atoms with Gasteiger partial charge in [0.2, 0.25) is 11.7 Å². The topological polar surface area (TPSA) is 96.7 Å². The Hall–Kier alpha value is -4.23. The minimum absolute atomic E-state index is 0.0266. The maximum Gasteiger partial charge on any atom is 0.450 e. The molecule has 2 aliphatic rings. The van der Waals surface area contributed by atoms with E-state index in [0.717, 1.165) is 19.4 Å². The van der Waals surface area contributed by atoms with Crippen LogP contribution in [0.1, 0.15) is 25.6 Å². The molecular weight excluding hydrogens is 611 g/mol. The number of alkyl halides is 3. The Morgan fingerprint density at radius 2 is 1.87 bits per heavy atom. The first-order chi connectivity index (χ1) is 21.5. The van der Waals surface area contributed by atoms with Gasteiger partial charge in [0.15, 0.2) is 11.3 Å². The minimum atomic E-state index is -5.03. The van der Waals surface area contributed by atoms with Crippen molar-refractivity contribution in [2.24, 2.45) is 0 Å². The maximum atomic E-state index is 14.8. The fourth-order valence-electron chi connectivity index (χ4n) is 6.14. The van der Waals surface area contributed by atoms with Gasteiger partial charge in [0.25, 0.3) is 5.56 Å². The van der Waals surface area contributed by atoms with Crippen LogP contribution in [0.15, 0.2) is 53.8 Å². The number of halogens is 4. The van der Waals surface area contributed by atoms with Crippen LogP contribution < -0.4 is 15.2 Å². The molecule has 0 bridgehead atoms. The zero-order chi connectivity index (χ0) is 32.0. The number of ether oxygens (including phenoxy) is 1. The van der Waals surface area contributed by atoms with Gasteiger partial charge >= 0.3 is 12.2 Å². The number of benzene rings is 2. The number of fused-ring (bicyclic) bond motifs is 2. The molecule has 2 saturated heterocycles. The number of rotatable bonds is 6. The molecule has 2 atom stereocenters. The number of likely N-dealkylation sites (tertiary alicyclic amines) is 1. The Balaban J connectivity index is 1.58. The van der Waals surface area contributed by atoms with E-state index in [2.05, 4.69) is 26.4 Å². The summed E-state index contributed by atoms with van der Waals surface area (Å²) in [5.41, 5.74) is -1.76. The third-order valence-electron chi connectivity index (χ3n) is 8.47. The highest BCUT2D eigenvalue weighted by Gasteiger charge is 2.40. The second-order valence-electron chi connectivity index (χ2n) is 11.3. The van der Waals surface area contributed by atoms with Gasteiger partial charge in [0.1, 0.15) is 12.1 Å². The molecule has 0 aliphatic carbocycles. The van der Waals surface area contributed by atoms with Crippen molar-refractivity contribution in [2.45, 2.75) is 38.0 Å². The summed E-state index contributed by atoms with van der Waals surface area (Å²) in [5, 5.41) is 0.994. The van der Waals surface area contributed by atoms with Crippen molar-refractivity contribution in [3.63, 3.8) is 0 Å². The normalized spacial score (nSPS) is 19.4. The molecule has 45 heavy (non-hydrogen) atoms. The first kappa shape index (κ1) is 30.8. The number of carbonyl (C=O) groups is 1. The lowest BCUT2D eigenvalue weighted by atomic mass is 10.1. The van der Waals surface area contributed by atoms with E-state index in [0.29, 0.717) is 9.95 Å². The molecule has 0 N–H and O–H groups in total. The molecule has 0 spiro atoms. The monoisotopic (exact) mass is 641 g/mol. The molecule has 0 radical (unpaired) electrons. The fraction of sp³-hybridized carbons (Fsp3) is 0.387. The lowest BCUT2D eigenvalue weighted by Crippen LogP contribution is -2.53. The average Bonchev–Trinajstić information content (AvgIpc) is 3.43. The summed E-state index contributed by atoms with van der Waals surface area (Å²) in [6.07, 6.45) is -1.91. The standard InChI is InChI=1S/C31H31ClF3N7O3/c1-4-23(43)40-14-15-41(18(2)16-40)27-25-26(37-30(38-27)45-17-20-10-7-13-39(20)3)28(44)42(29(36-25)31(33,34)35)22-12-6-9-19-8-5-11-21(32)24(19)22/h4-6,8-9,11-12,18,20H,1,7,10,13-17H2,2-3H3/t18-,20?/m0/s1. The van der Waals surface area contributed by atoms with Crippen LogP contribution in [0.3, 0.4) is 0 Å². The van der Waals surface area contributed by atoms with Gasteiger partial charge in [0, 0.05) is 37.1 Å². The molecule has 14 heteroatoms. The van der Waals surface area contributed by atoms with Crippen LogP contribution in [0.4, 0.5) is 19.0 Å². The van der Waals surface area contributed by atoms with Crippen LogP contribution in [-0.2, 0) is 11.0 Å². The SMILES string of the molecule is C=CC(=O)N1CCN(c2nc(OCC3CCCN3C)nc3c(=O)n(-c4cccc5cccc(Cl)c45)c(C(F)(F)F)nc23)[C@@H](C)C1. The van der Waals surface area contributed by atoms with Gasteiger partial charge in [-0.25, -0.2) is 4.98 Å². The summed E-state index contributed by atoms with van der Waals surface area (Å²) in [6.45, 7) is 7.25. The quantitative estimate of drug-likeness (QED) is 0.280. The summed E-state index contributed by atoms with van der Waals surface area (Å²) in [7, 11) is 1.98. The van der Waals surface area contributed by atoms with Crippen LogP contribution in [0.25, 0.3) is 27.5 Å². The van der Waals surface area contributed by atoms with Gasteiger partial charge in [-0.2, -0.15) is 23.1 Å². The predicted octanol–water partition coefficient (Wildman–Crippen LogP) is 4.70. The van der Waals surface area contributed by atoms with Crippen LogP contribution >= 0.6 is 11.6 Å². The van der Waals surface area contributed by atoms with E-state index in [1.165, 1.54) is 12.1 Å². The summed E-state index contributed by atoms with van der Waals surface area (Å²) >= 11 is 6.47. The van der Waals surface area contributed by atoms with Gasteiger partial charge in [-0.05, 0) is 57.0 Å². The van der Waals surface area contributed by atoms with Gasteiger partial charge in [-0.15, -0.1) is 0 Å². The third-order valence-corrected chi connectivity index (χ3v) is 8.78. The van der Waals surface area contributed by atoms with E-state index in [-0.39, 0.29) is 83.2 Å². The lowest BCUT2D eigenvalue weighted by molar-refractivity contribution is -0.146. The number of piperazine rings is 1. The van der Waals surface area contributed by atoms with E-state index >= 15 is 0 Å². The van der Waals surface area contributed by atoms with E-state index in [9.17, 15) is 22.8 Å². The maximum absolute atomic E-state index is 14.8. The first-order valence-corrected chi connectivity index (χ1v) is 15.0. The van der Waals surface area contributed by atoms with Crippen LogP contribution in [0.5, 0.6) is 6.01 Å². The number of aromatic nitrogens is 4. The second-order valence-corrected chi connectivity index (χ2v) is 11.7. The van der Waals surface area contributed by atoms with E-state index in [1.807, 2.05) is 14.0 Å². The van der Waals surface area contributed by atoms with E-state index in [4.69, 9.17) is 16.3 Å². The Labute approximate surface area is 261 Å². The minimum Gasteiger partial charge on any atom is -0.462 e. The van der Waals surface area contributed by atoms with Crippen molar-refractivity contribution in [1.29, 1.82) is 0 Å². The molecule has 4 aromatic rings. The van der Waals surface area contributed by atoms with Gasteiger partial charge in [-0.3, -0.25) is 14.2 Å². The van der Waals surface area contributed by atoms with Crippen molar-refractivity contribution in [3.8, 4) is 11.7 Å². The molecule has 10 nitrogen and oxygen atoms in total. The molecule has 6 rings (SSSR count). The number of hydrogen-bond donors (Lipinski definition) is 0. The zero-order valence-corrected chi connectivity index (χ0v) is 25.5. The summed E-state index contributed by atoms with van der Waals surface area (Å²) in [4.78, 5) is 45.0. The van der Waals surface area contributed by atoms with Crippen LogP contribution in [0.2, 0.25) is 5.02 Å². The number of carbonyl (C=O) groups excluding carboxylic acids is 1. The van der Waals surface area contributed by atoms with Crippen LogP contribution in [-0.4, -0.2) is 87.1 Å². The molecule has 1 amide bonds. The molecule has 2 aromatic carbocycles. The van der Waals surface area contributed by atoms with Gasteiger partial charge < -0.3 is 19.4 Å². The molecule has 1 unspecified atom stereocenters. The number of anilines is 1. The summed E-state index contributed by atoms with van der Waals surface area (Å²) < 4.78 is 50.9. The molecule has 2 aromatic heterocycles. The fourth-order valence-corrected chi connectivity index (χ4v) is 6.41. The van der Waals surface area contributed by atoms with Gasteiger partial charge in [-0.1, -0.05) is 42.4 Å². The number of likely N-dealkylation sites (N-methyl/N-ethyl adjacent to an activating group) is 1. The molecule has 0 saturated carbocycles. The zero-order valence-electron chi connectivity index (χ0n) is 24.7. The number of hydrogen-bond acceptors (Lipinski definition) is 8. The first-order valence-electron chi connectivity index (χ1n) is 14.6.